The summed E-state index contributed by atoms with van der Waals surface area (Å²) in [4.78, 5) is 14.8. The molecule has 0 atom stereocenters. The largest absolute Gasteiger partial charge is 0.453 e. The average molecular weight is 365 g/mol. The summed E-state index contributed by atoms with van der Waals surface area (Å²) in [6.45, 7) is 0. The van der Waals surface area contributed by atoms with Crippen LogP contribution in [-0.4, -0.2) is 29.4 Å². The molecule has 132 valence electrons. The third kappa shape index (κ3) is 3.08. The Bertz CT molecular complexity index is 950. The molecule has 1 amide bonds. The van der Waals surface area contributed by atoms with Crippen molar-refractivity contribution in [3.8, 4) is 22.8 Å². The topological polar surface area (TPSA) is 58.2 Å². The highest BCUT2D eigenvalue weighted by Crippen LogP contribution is 2.35. The summed E-state index contributed by atoms with van der Waals surface area (Å²) in [5.74, 6) is 1.61. The number of H-pyrrole nitrogens is 1. The lowest BCUT2D eigenvalue weighted by Crippen LogP contribution is -2.30. The number of aromatic amines is 1. The Morgan fingerprint density at radius 1 is 1.15 bits per heavy atom. The smallest absolute Gasteiger partial charge is 0.227 e. The SMILES string of the molecule is CSc1ccc(Oc2cn[nH]c2-c2ccc3c(c2)CCC(=O)N3C)cc1. The quantitative estimate of drug-likeness (QED) is 0.692. The van der Waals surface area contributed by atoms with E-state index in [0.29, 0.717) is 12.2 Å². The average Bonchev–Trinajstić information content (AvgIpc) is 3.13. The number of thioether (sulfide) groups is 1. The van der Waals surface area contributed by atoms with E-state index in [9.17, 15) is 4.79 Å². The molecule has 26 heavy (non-hydrogen) atoms. The highest BCUT2D eigenvalue weighted by Gasteiger charge is 2.22. The molecule has 0 unspecified atom stereocenters. The Morgan fingerprint density at radius 3 is 2.73 bits per heavy atom. The van der Waals surface area contributed by atoms with Crippen LogP contribution in [-0.2, 0) is 11.2 Å². The van der Waals surface area contributed by atoms with Gasteiger partial charge in [0.2, 0.25) is 5.91 Å². The second-order valence-electron chi connectivity index (χ2n) is 6.18. The van der Waals surface area contributed by atoms with Crippen LogP contribution >= 0.6 is 11.8 Å². The minimum absolute atomic E-state index is 0.157. The first kappa shape index (κ1) is 16.7. The van der Waals surface area contributed by atoms with Crippen molar-refractivity contribution in [3.63, 3.8) is 0 Å². The molecule has 1 N–H and O–H groups in total. The molecule has 2 heterocycles. The Kier molecular flexibility index (Phi) is 4.42. The molecule has 4 rings (SSSR count). The monoisotopic (exact) mass is 365 g/mol. The van der Waals surface area contributed by atoms with Crippen molar-refractivity contribution >= 4 is 23.4 Å². The molecule has 1 aliphatic rings. The lowest BCUT2D eigenvalue weighted by atomic mass is 9.98. The Morgan fingerprint density at radius 2 is 1.96 bits per heavy atom. The molecular weight excluding hydrogens is 346 g/mol. The fourth-order valence-corrected chi connectivity index (χ4v) is 3.55. The first-order chi connectivity index (χ1) is 12.7. The van der Waals surface area contributed by atoms with E-state index in [1.807, 2.05) is 49.7 Å². The lowest BCUT2D eigenvalue weighted by Gasteiger charge is -2.26. The number of amides is 1. The summed E-state index contributed by atoms with van der Waals surface area (Å²) in [5.41, 5.74) is 3.97. The highest BCUT2D eigenvalue weighted by molar-refractivity contribution is 7.98. The van der Waals surface area contributed by atoms with E-state index < -0.39 is 0 Å². The van der Waals surface area contributed by atoms with Crippen LogP contribution in [0.5, 0.6) is 11.5 Å². The van der Waals surface area contributed by atoms with Crippen LogP contribution < -0.4 is 9.64 Å². The number of anilines is 1. The summed E-state index contributed by atoms with van der Waals surface area (Å²) < 4.78 is 6.02. The zero-order valence-electron chi connectivity index (χ0n) is 14.7. The molecule has 3 aromatic rings. The molecule has 0 radical (unpaired) electrons. The Hall–Kier alpha value is -2.73. The minimum atomic E-state index is 0.157. The fraction of sp³-hybridized carbons (Fsp3) is 0.200. The van der Waals surface area contributed by atoms with Crippen molar-refractivity contribution in [2.24, 2.45) is 0 Å². The van der Waals surface area contributed by atoms with Crippen LogP contribution in [0.1, 0.15) is 12.0 Å². The van der Waals surface area contributed by atoms with E-state index in [4.69, 9.17) is 4.74 Å². The van der Waals surface area contributed by atoms with Gasteiger partial charge < -0.3 is 9.64 Å². The van der Waals surface area contributed by atoms with Crippen LogP contribution in [0.2, 0.25) is 0 Å². The number of hydrogen-bond acceptors (Lipinski definition) is 4. The summed E-state index contributed by atoms with van der Waals surface area (Å²) in [6, 6.07) is 14.1. The molecular formula is C20H19N3O2S. The maximum Gasteiger partial charge on any atom is 0.227 e. The second-order valence-corrected chi connectivity index (χ2v) is 7.06. The predicted molar refractivity (Wildman–Crippen MR) is 104 cm³/mol. The predicted octanol–water partition coefficient (Wildman–Crippen LogP) is 4.50. The molecule has 5 nitrogen and oxygen atoms in total. The number of carbonyl (C=O) groups excluding carboxylic acids is 1. The Labute approximate surface area is 156 Å². The first-order valence-electron chi connectivity index (χ1n) is 8.41. The van der Waals surface area contributed by atoms with Crippen LogP contribution in [0.25, 0.3) is 11.3 Å². The first-order valence-corrected chi connectivity index (χ1v) is 9.63. The zero-order valence-corrected chi connectivity index (χ0v) is 15.5. The van der Waals surface area contributed by atoms with Crippen molar-refractivity contribution in [3.05, 3.63) is 54.2 Å². The van der Waals surface area contributed by atoms with Crippen LogP contribution in [0.3, 0.4) is 0 Å². The van der Waals surface area contributed by atoms with Gasteiger partial charge in [0.05, 0.1) is 6.20 Å². The summed E-state index contributed by atoms with van der Waals surface area (Å²) in [7, 11) is 1.82. The molecule has 0 saturated heterocycles. The number of aromatic nitrogens is 2. The molecule has 0 spiro atoms. The van der Waals surface area contributed by atoms with E-state index in [-0.39, 0.29) is 5.91 Å². The summed E-state index contributed by atoms with van der Waals surface area (Å²) >= 11 is 1.70. The van der Waals surface area contributed by atoms with Crippen LogP contribution in [0, 0.1) is 0 Å². The number of carbonyl (C=O) groups is 1. The van der Waals surface area contributed by atoms with Gasteiger partial charge in [-0.2, -0.15) is 5.10 Å². The molecule has 2 aromatic carbocycles. The molecule has 0 aliphatic carbocycles. The number of nitrogens with one attached hydrogen (secondary N) is 1. The third-order valence-corrected chi connectivity index (χ3v) is 5.35. The van der Waals surface area contributed by atoms with Crippen LogP contribution in [0.15, 0.2) is 53.6 Å². The highest BCUT2D eigenvalue weighted by atomic mass is 32.2. The number of fused-ring (bicyclic) bond motifs is 1. The second kappa shape index (κ2) is 6.88. The molecule has 1 aliphatic heterocycles. The molecule has 1 aromatic heterocycles. The zero-order chi connectivity index (χ0) is 18.1. The van der Waals surface area contributed by atoms with Gasteiger partial charge in [0.1, 0.15) is 11.4 Å². The van der Waals surface area contributed by atoms with Gasteiger partial charge in [-0.3, -0.25) is 9.89 Å². The number of benzene rings is 2. The van der Waals surface area contributed by atoms with Crippen molar-refractivity contribution in [2.75, 3.05) is 18.2 Å². The van der Waals surface area contributed by atoms with Gasteiger partial charge in [0.15, 0.2) is 5.75 Å². The summed E-state index contributed by atoms with van der Waals surface area (Å²) in [6.07, 6.45) is 5.03. The molecule has 6 heteroatoms. The number of rotatable bonds is 4. The lowest BCUT2D eigenvalue weighted by molar-refractivity contribution is -0.118. The standard InChI is InChI=1S/C20H19N3O2S/c1-23-17-9-3-14(11-13(17)4-10-19(23)24)20-18(12-21-22-20)25-15-5-7-16(26-2)8-6-15/h3,5-9,11-12H,4,10H2,1-2H3,(H,21,22). The number of nitrogens with zero attached hydrogens (tertiary/aromatic N) is 2. The van der Waals surface area contributed by atoms with Crippen molar-refractivity contribution in [1.29, 1.82) is 0 Å². The maximum absolute atomic E-state index is 11.9. The number of aryl methyl sites for hydroxylation is 1. The maximum atomic E-state index is 11.9. The normalized spacial score (nSPS) is 13.6. The fourth-order valence-electron chi connectivity index (χ4n) is 3.14. The van der Waals surface area contributed by atoms with Crippen molar-refractivity contribution in [1.82, 2.24) is 10.2 Å². The number of ether oxygens (including phenoxy) is 1. The van der Waals surface area contributed by atoms with Gasteiger partial charge in [-0.1, -0.05) is 6.07 Å². The van der Waals surface area contributed by atoms with E-state index in [1.54, 1.807) is 22.9 Å². The third-order valence-electron chi connectivity index (χ3n) is 4.60. The summed E-state index contributed by atoms with van der Waals surface area (Å²) in [5, 5.41) is 7.18. The van der Waals surface area contributed by atoms with E-state index in [0.717, 1.165) is 34.7 Å². The van der Waals surface area contributed by atoms with E-state index >= 15 is 0 Å². The van der Waals surface area contributed by atoms with Gasteiger partial charge >= 0.3 is 0 Å². The van der Waals surface area contributed by atoms with Gasteiger partial charge in [-0.05, 0) is 54.6 Å². The molecule has 0 fully saturated rings. The van der Waals surface area contributed by atoms with Gasteiger partial charge in [0.25, 0.3) is 0 Å². The Balaban J connectivity index is 1.63. The van der Waals surface area contributed by atoms with Gasteiger partial charge in [0, 0.05) is 29.6 Å². The van der Waals surface area contributed by atoms with Crippen molar-refractivity contribution < 1.29 is 9.53 Å². The van der Waals surface area contributed by atoms with Gasteiger partial charge in [-0.15, -0.1) is 11.8 Å². The molecule has 0 bridgehead atoms. The minimum Gasteiger partial charge on any atom is -0.453 e. The molecule has 0 saturated carbocycles. The van der Waals surface area contributed by atoms with E-state index in [1.165, 1.54) is 4.90 Å². The van der Waals surface area contributed by atoms with Crippen LogP contribution in [0.4, 0.5) is 5.69 Å². The van der Waals surface area contributed by atoms with Gasteiger partial charge in [-0.25, -0.2) is 0 Å². The number of hydrogen-bond donors (Lipinski definition) is 1. The van der Waals surface area contributed by atoms with Crippen molar-refractivity contribution in [2.45, 2.75) is 17.7 Å². The van der Waals surface area contributed by atoms with E-state index in [2.05, 4.69) is 16.3 Å².